The first-order valence-corrected chi connectivity index (χ1v) is 7.59. The fourth-order valence-electron chi connectivity index (χ4n) is 2.35. The van der Waals surface area contributed by atoms with Gasteiger partial charge < -0.3 is 15.0 Å². The number of guanidine groups is 1. The molecule has 0 radical (unpaired) electrons. The lowest BCUT2D eigenvalue weighted by atomic mass is 10.2. The van der Waals surface area contributed by atoms with E-state index in [1.54, 1.807) is 30.5 Å². The number of halogens is 1. The van der Waals surface area contributed by atoms with Gasteiger partial charge in [-0.05, 0) is 30.2 Å². The molecule has 0 atom stereocenters. The largest absolute Gasteiger partial charge is 0.436 e. The SMILES string of the molecule is CN1CCCN=C1NCc1ccnc(Oc2ccccc2F)c1. The predicted molar refractivity (Wildman–Crippen MR) is 87.1 cm³/mol. The van der Waals surface area contributed by atoms with Gasteiger partial charge in [-0.15, -0.1) is 0 Å². The average molecular weight is 314 g/mol. The smallest absolute Gasteiger partial charge is 0.219 e. The van der Waals surface area contributed by atoms with E-state index < -0.39 is 5.82 Å². The molecule has 0 amide bonds. The van der Waals surface area contributed by atoms with Crippen LogP contribution >= 0.6 is 0 Å². The highest BCUT2D eigenvalue weighted by Gasteiger charge is 2.10. The number of aromatic nitrogens is 1. The van der Waals surface area contributed by atoms with Gasteiger partial charge in [0.15, 0.2) is 17.5 Å². The van der Waals surface area contributed by atoms with Crippen LogP contribution in [0.3, 0.4) is 0 Å². The fourth-order valence-corrected chi connectivity index (χ4v) is 2.35. The molecule has 0 unspecified atom stereocenters. The Morgan fingerprint density at radius 2 is 2.17 bits per heavy atom. The lowest BCUT2D eigenvalue weighted by Crippen LogP contribution is -2.41. The van der Waals surface area contributed by atoms with Gasteiger partial charge in [0, 0.05) is 38.9 Å². The van der Waals surface area contributed by atoms with Crippen molar-refractivity contribution in [2.75, 3.05) is 20.1 Å². The van der Waals surface area contributed by atoms with Crippen LogP contribution in [0, 0.1) is 5.82 Å². The number of hydrogen-bond donors (Lipinski definition) is 1. The van der Waals surface area contributed by atoms with Gasteiger partial charge in [-0.25, -0.2) is 9.37 Å². The summed E-state index contributed by atoms with van der Waals surface area (Å²) in [5.74, 6) is 1.02. The fraction of sp³-hybridized carbons (Fsp3) is 0.294. The third-order valence-electron chi connectivity index (χ3n) is 3.58. The van der Waals surface area contributed by atoms with E-state index in [9.17, 15) is 4.39 Å². The van der Waals surface area contributed by atoms with Crippen LogP contribution in [-0.2, 0) is 6.54 Å². The van der Waals surface area contributed by atoms with Crippen LogP contribution in [0.25, 0.3) is 0 Å². The molecule has 1 aromatic heterocycles. The number of nitrogens with zero attached hydrogens (tertiary/aromatic N) is 3. The summed E-state index contributed by atoms with van der Waals surface area (Å²) in [4.78, 5) is 10.7. The van der Waals surface area contributed by atoms with Gasteiger partial charge in [-0.1, -0.05) is 12.1 Å². The minimum absolute atomic E-state index is 0.168. The summed E-state index contributed by atoms with van der Waals surface area (Å²) < 4.78 is 19.1. The molecule has 23 heavy (non-hydrogen) atoms. The first kappa shape index (κ1) is 15.3. The van der Waals surface area contributed by atoms with Gasteiger partial charge in [0.2, 0.25) is 5.88 Å². The summed E-state index contributed by atoms with van der Waals surface area (Å²) in [6.45, 7) is 2.47. The van der Waals surface area contributed by atoms with Crippen molar-refractivity contribution in [1.29, 1.82) is 0 Å². The Kier molecular flexibility index (Phi) is 4.71. The van der Waals surface area contributed by atoms with Crippen molar-refractivity contribution in [3.8, 4) is 11.6 Å². The summed E-state index contributed by atoms with van der Waals surface area (Å²) in [6.07, 6.45) is 2.73. The van der Waals surface area contributed by atoms with Gasteiger partial charge in [-0.3, -0.25) is 4.99 Å². The van der Waals surface area contributed by atoms with Crippen molar-refractivity contribution in [3.63, 3.8) is 0 Å². The van der Waals surface area contributed by atoms with Gasteiger partial charge >= 0.3 is 0 Å². The Morgan fingerprint density at radius 1 is 1.30 bits per heavy atom. The van der Waals surface area contributed by atoms with E-state index in [1.807, 2.05) is 13.1 Å². The summed E-state index contributed by atoms with van der Waals surface area (Å²) in [7, 11) is 2.02. The summed E-state index contributed by atoms with van der Waals surface area (Å²) in [6, 6.07) is 9.97. The average Bonchev–Trinajstić information content (AvgIpc) is 2.57. The van der Waals surface area contributed by atoms with Crippen molar-refractivity contribution in [1.82, 2.24) is 15.2 Å². The van der Waals surface area contributed by atoms with E-state index in [0.717, 1.165) is 31.0 Å². The molecule has 1 aliphatic rings. The third-order valence-corrected chi connectivity index (χ3v) is 3.58. The second-order valence-corrected chi connectivity index (χ2v) is 5.37. The molecular weight excluding hydrogens is 295 g/mol. The molecule has 120 valence electrons. The van der Waals surface area contributed by atoms with Gasteiger partial charge in [0.05, 0.1) is 0 Å². The van der Waals surface area contributed by atoms with E-state index in [2.05, 4.69) is 20.2 Å². The maximum Gasteiger partial charge on any atom is 0.219 e. The van der Waals surface area contributed by atoms with Crippen LogP contribution < -0.4 is 10.1 Å². The van der Waals surface area contributed by atoms with E-state index in [0.29, 0.717) is 12.4 Å². The molecule has 1 aromatic carbocycles. The highest BCUT2D eigenvalue weighted by Crippen LogP contribution is 2.22. The molecule has 1 N–H and O–H groups in total. The van der Waals surface area contributed by atoms with Gasteiger partial charge in [0.25, 0.3) is 0 Å². The normalized spacial score (nSPS) is 14.3. The summed E-state index contributed by atoms with van der Waals surface area (Å²) in [5.41, 5.74) is 0.994. The van der Waals surface area contributed by atoms with E-state index in [-0.39, 0.29) is 5.75 Å². The number of nitrogens with one attached hydrogen (secondary N) is 1. The highest BCUT2D eigenvalue weighted by atomic mass is 19.1. The number of rotatable bonds is 4. The minimum Gasteiger partial charge on any atom is -0.436 e. The Hall–Kier alpha value is -2.63. The Balaban J connectivity index is 1.66. The van der Waals surface area contributed by atoms with Crippen LogP contribution in [0.5, 0.6) is 11.6 Å². The molecule has 0 saturated heterocycles. The van der Waals surface area contributed by atoms with Crippen molar-refractivity contribution < 1.29 is 9.13 Å². The molecule has 0 aliphatic carbocycles. The summed E-state index contributed by atoms with van der Waals surface area (Å²) in [5, 5.41) is 3.31. The Bertz CT molecular complexity index is 704. The lowest BCUT2D eigenvalue weighted by Gasteiger charge is -2.25. The van der Waals surface area contributed by atoms with Crippen LogP contribution in [0.2, 0.25) is 0 Å². The molecule has 0 spiro atoms. The van der Waals surface area contributed by atoms with Crippen molar-refractivity contribution in [2.45, 2.75) is 13.0 Å². The Labute approximate surface area is 134 Å². The first-order valence-electron chi connectivity index (χ1n) is 7.59. The summed E-state index contributed by atoms with van der Waals surface area (Å²) >= 11 is 0. The Morgan fingerprint density at radius 3 is 3.00 bits per heavy atom. The van der Waals surface area contributed by atoms with Crippen LogP contribution in [0.15, 0.2) is 47.6 Å². The maximum absolute atomic E-state index is 13.6. The molecule has 0 saturated carbocycles. The number of benzene rings is 1. The molecule has 6 heteroatoms. The van der Waals surface area contributed by atoms with Crippen LogP contribution in [0.4, 0.5) is 4.39 Å². The van der Waals surface area contributed by atoms with E-state index in [1.165, 1.54) is 6.07 Å². The van der Waals surface area contributed by atoms with E-state index >= 15 is 0 Å². The van der Waals surface area contributed by atoms with Gasteiger partial charge in [0.1, 0.15) is 0 Å². The topological polar surface area (TPSA) is 49.8 Å². The molecule has 2 heterocycles. The monoisotopic (exact) mass is 314 g/mol. The second kappa shape index (κ2) is 7.09. The minimum atomic E-state index is -0.406. The maximum atomic E-state index is 13.6. The lowest BCUT2D eigenvalue weighted by molar-refractivity contribution is 0.426. The second-order valence-electron chi connectivity index (χ2n) is 5.37. The molecule has 2 aromatic rings. The quantitative estimate of drug-likeness (QED) is 0.943. The molecule has 0 fully saturated rings. The zero-order valence-corrected chi connectivity index (χ0v) is 13.0. The van der Waals surface area contributed by atoms with Crippen LogP contribution in [-0.4, -0.2) is 36.0 Å². The van der Waals surface area contributed by atoms with Crippen molar-refractivity contribution >= 4 is 5.96 Å². The van der Waals surface area contributed by atoms with Crippen LogP contribution in [0.1, 0.15) is 12.0 Å². The van der Waals surface area contributed by atoms with Crippen molar-refractivity contribution in [2.24, 2.45) is 4.99 Å². The predicted octanol–water partition coefficient (Wildman–Crippen LogP) is 2.79. The number of para-hydroxylation sites is 1. The molecule has 3 rings (SSSR count). The van der Waals surface area contributed by atoms with Gasteiger partial charge in [-0.2, -0.15) is 0 Å². The standard InChI is InChI=1S/C17H19FN4O/c1-22-10-4-8-20-17(22)21-12-13-7-9-19-16(11-13)23-15-6-3-2-5-14(15)18/h2-3,5-7,9,11H,4,8,10,12H2,1H3,(H,20,21). The number of hydrogen-bond acceptors (Lipinski definition) is 5. The van der Waals surface area contributed by atoms with E-state index in [4.69, 9.17) is 4.74 Å². The van der Waals surface area contributed by atoms with Crippen molar-refractivity contribution in [3.05, 3.63) is 54.0 Å². The molecule has 0 bridgehead atoms. The first-order chi connectivity index (χ1) is 11.2. The third kappa shape index (κ3) is 3.97. The molecular formula is C17H19FN4O. The zero-order chi connectivity index (χ0) is 16.1. The zero-order valence-electron chi connectivity index (χ0n) is 13.0. The number of pyridine rings is 1. The highest BCUT2D eigenvalue weighted by molar-refractivity contribution is 5.80. The molecule has 1 aliphatic heterocycles. The molecule has 5 nitrogen and oxygen atoms in total. The number of aliphatic imine (C=N–C) groups is 1. The number of ether oxygens (including phenoxy) is 1.